The van der Waals surface area contributed by atoms with E-state index in [1.165, 1.54) is 27.4 Å². The van der Waals surface area contributed by atoms with E-state index in [4.69, 9.17) is 28.4 Å². The second-order valence-electron chi connectivity index (χ2n) is 12.6. The summed E-state index contributed by atoms with van der Waals surface area (Å²) in [6, 6.07) is 10.2. The standard InChI is InChI=1S/C40H49NO11/c1-24-11-10-14-28(42)13-9-7-8-12-26-20-30(43)37(38(45)36(26)40(46)52-24)29(27-21-33(49-4)39(51-6)34(22-27)50-5)23-35(44)41-18-17-25-15-16-31(47-2)32(19-25)48-3/h8,12,15-16,19-22,24,29,43,45H,7,9-11,13-14,17-18,23H2,1-6H3,(H,41,44). The minimum absolute atomic E-state index is 0.0484. The third kappa shape index (κ3) is 9.68. The number of phenolic OH excluding ortho intramolecular Hbond substituents is 2. The van der Waals surface area contributed by atoms with Gasteiger partial charge in [-0.1, -0.05) is 18.2 Å². The number of amides is 1. The molecule has 3 aromatic rings. The van der Waals surface area contributed by atoms with Crippen LogP contribution < -0.4 is 29.0 Å². The number of allylic oxidation sites excluding steroid dienone is 1. The second-order valence-corrected chi connectivity index (χ2v) is 12.6. The summed E-state index contributed by atoms with van der Waals surface area (Å²) in [4.78, 5) is 39.6. The van der Waals surface area contributed by atoms with Gasteiger partial charge in [0, 0.05) is 37.3 Å². The van der Waals surface area contributed by atoms with Crippen LogP contribution in [-0.4, -0.2) is 76.1 Å². The Balaban J connectivity index is 1.77. The molecule has 12 nitrogen and oxygen atoms in total. The number of esters is 1. The molecule has 1 heterocycles. The number of benzene rings is 3. The Morgan fingerprint density at radius 2 is 1.56 bits per heavy atom. The van der Waals surface area contributed by atoms with Crippen LogP contribution in [0.2, 0.25) is 0 Å². The Hall–Kier alpha value is -5.39. The summed E-state index contributed by atoms with van der Waals surface area (Å²) in [6.07, 6.45) is 6.17. The van der Waals surface area contributed by atoms with Gasteiger partial charge in [0.25, 0.3) is 0 Å². The maximum absolute atomic E-state index is 13.7. The second kappa shape index (κ2) is 18.7. The zero-order valence-corrected chi connectivity index (χ0v) is 30.7. The Morgan fingerprint density at radius 3 is 2.21 bits per heavy atom. The Kier molecular flexibility index (Phi) is 14.2. The van der Waals surface area contributed by atoms with Gasteiger partial charge in [0.15, 0.2) is 23.0 Å². The quantitative estimate of drug-likeness (QED) is 0.175. The number of aromatic hydroxyl groups is 2. The summed E-state index contributed by atoms with van der Waals surface area (Å²) in [7, 11) is 7.48. The predicted octanol–water partition coefficient (Wildman–Crippen LogP) is 6.50. The van der Waals surface area contributed by atoms with E-state index >= 15 is 0 Å². The van der Waals surface area contributed by atoms with Gasteiger partial charge < -0.3 is 44.0 Å². The normalized spacial score (nSPS) is 15.8. The molecule has 1 aliphatic heterocycles. The van der Waals surface area contributed by atoms with Crippen molar-refractivity contribution in [3.8, 4) is 40.2 Å². The van der Waals surface area contributed by atoms with Crippen molar-refractivity contribution >= 4 is 23.7 Å². The first-order valence-electron chi connectivity index (χ1n) is 17.3. The number of ether oxygens (including phenoxy) is 6. The summed E-state index contributed by atoms with van der Waals surface area (Å²) in [6.45, 7) is 2.01. The van der Waals surface area contributed by atoms with Crippen LogP contribution in [0.5, 0.6) is 40.2 Å². The number of Topliss-reactive ketones (excluding diaryl/α,β-unsaturated/α-hetero) is 1. The van der Waals surface area contributed by atoms with Crippen molar-refractivity contribution in [3.63, 3.8) is 0 Å². The number of cyclic esters (lactones) is 1. The number of methoxy groups -OCH3 is 5. The highest BCUT2D eigenvalue weighted by Gasteiger charge is 2.32. The highest BCUT2D eigenvalue weighted by Crippen LogP contribution is 2.47. The molecule has 1 aliphatic rings. The fourth-order valence-electron chi connectivity index (χ4n) is 6.35. The van der Waals surface area contributed by atoms with E-state index in [2.05, 4.69) is 5.32 Å². The maximum atomic E-state index is 13.7. The monoisotopic (exact) mass is 719 g/mol. The molecular formula is C40H49NO11. The van der Waals surface area contributed by atoms with E-state index < -0.39 is 23.7 Å². The largest absolute Gasteiger partial charge is 0.507 e. The van der Waals surface area contributed by atoms with Crippen molar-refractivity contribution in [1.82, 2.24) is 5.32 Å². The van der Waals surface area contributed by atoms with Gasteiger partial charge in [-0.15, -0.1) is 0 Å². The van der Waals surface area contributed by atoms with E-state index in [1.54, 1.807) is 51.5 Å². The smallest absolute Gasteiger partial charge is 0.342 e. The number of hydrogen-bond donors (Lipinski definition) is 3. The Labute approximate surface area is 304 Å². The molecule has 0 spiro atoms. The van der Waals surface area contributed by atoms with Crippen LogP contribution in [0.1, 0.15) is 90.4 Å². The average molecular weight is 720 g/mol. The molecule has 4 rings (SSSR count). The number of nitrogens with one attached hydrogen (secondary N) is 1. The molecule has 12 heteroatoms. The molecule has 0 fully saturated rings. The van der Waals surface area contributed by atoms with Crippen molar-refractivity contribution in [2.45, 2.75) is 70.3 Å². The van der Waals surface area contributed by atoms with Crippen LogP contribution in [0.4, 0.5) is 0 Å². The third-order valence-electron chi connectivity index (χ3n) is 9.06. The molecule has 2 unspecified atom stereocenters. The number of fused-ring (bicyclic) bond motifs is 1. The van der Waals surface area contributed by atoms with E-state index in [-0.39, 0.29) is 47.1 Å². The van der Waals surface area contributed by atoms with Gasteiger partial charge >= 0.3 is 5.97 Å². The summed E-state index contributed by atoms with van der Waals surface area (Å²) in [5.41, 5.74) is 1.40. The zero-order valence-electron chi connectivity index (χ0n) is 30.7. The van der Waals surface area contributed by atoms with Gasteiger partial charge in [0.2, 0.25) is 11.7 Å². The summed E-state index contributed by atoms with van der Waals surface area (Å²) in [5, 5.41) is 26.5. The van der Waals surface area contributed by atoms with Crippen LogP contribution in [0, 0.1) is 0 Å². The summed E-state index contributed by atoms with van der Waals surface area (Å²) in [5.74, 6) is -0.806. The molecule has 280 valence electrons. The Bertz CT molecular complexity index is 1740. The highest BCUT2D eigenvalue weighted by atomic mass is 16.5. The molecule has 3 aromatic carbocycles. The molecule has 0 saturated carbocycles. The first-order chi connectivity index (χ1) is 25.0. The van der Waals surface area contributed by atoms with Crippen molar-refractivity contribution in [2.24, 2.45) is 0 Å². The minimum atomic E-state index is -0.992. The molecule has 0 radical (unpaired) electrons. The van der Waals surface area contributed by atoms with Gasteiger partial charge in [-0.3, -0.25) is 9.59 Å². The predicted molar refractivity (Wildman–Crippen MR) is 195 cm³/mol. The van der Waals surface area contributed by atoms with Gasteiger partial charge in [-0.2, -0.15) is 0 Å². The number of phenols is 2. The van der Waals surface area contributed by atoms with E-state index in [1.807, 2.05) is 12.1 Å². The van der Waals surface area contributed by atoms with Gasteiger partial charge in [-0.25, -0.2) is 4.79 Å². The highest BCUT2D eigenvalue weighted by molar-refractivity contribution is 5.98. The lowest BCUT2D eigenvalue weighted by atomic mass is 9.84. The van der Waals surface area contributed by atoms with E-state index in [9.17, 15) is 24.6 Å². The molecule has 0 aliphatic carbocycles. The fraction of sp³-hybridized carbons (Fsp3) is 0.425. The van der Waals surface area contributed by atoms with E-state index in [0.29, 0.717) is 79.3 Å². The van der Waals surface area contributed by atoms with Crippen molar-refractivity contribution < 1.29 is 53.0 Å². The fourth-order valence-corrected chi connectivity index (χ4v) is 6.35. The number of carbonyl (C=O) groups excluding carboxylic acids is 3. The van der Waals surface area contributed by atoms with Gasteiger partial charge in [-0.05, 0) is 86.1 Å². The van der Waals surface area contributed by atoms with E-state index in [0.717, 1.165) is 5.56 Å². The summed E-state index contributed by atoms with van der Waals surface area (Å²) < 4.78 is 33.2. The van der Waals surface area contributed by atoms with Gasteiger partial charge in [0.05, 0.1) is 41.7 Å². The molecule has 0 bridgehead atoms. The maximum Gasteiger partial charge on any atom is 0.342 e. The lowest BCUT2D eigenvalue weighted by Gasteiger charge is -2.24. The lowest BCUT2D eigenvalue weighted by molar-refractivity contribution is -0.121. The lowest BCUT2D eigenvalue weighted by Crippen LogP contribution is -2.27. The van der Waals surface area contributed by atoms with Crippen LogP contribution in [0.3, 0.4) is 0 Å². The molecule has 2 atom stereocenters. The van der Waals surface area contributed by atoms with Crippen LogP contribution in [-0.2, 0) is 20.7 Å². The van der Waals surface area contributed by atoms with Gasteiger partial charge in [0.1, 0.15) is 22.8 Å². The summed E-state index contributed by atoms with van der Waals surface area (Å²) >= 11 is 0. The van der Waals surface area contributed by atoms with Crippen LogP contribution in [0.25, 0.3) is 6.08 Å². The number of ketones is 1. The minimum Gasteiger partial charge on any atom is -0.507 e. The number of rotatable bonds is 12. The van der Waals surface area contributed by atoms with Crippen LogP contribution in [0.15, 0.2) is 42.5 Å². The average Bonchev–Trinajstić information content (AvgIpc) is 3.12. The molecule has 3 N–H and O–H groups in total. The van der Waals surface area contributed by atoms with Crippen molar-refractivity contribution in [1.29, 1.82) is 0 Å². The number of carbonyl (C=O) groups is 3. The zero-order chi connectivity index (χ0) is 37.8. The molecular weight excluding hydrogens is 670 g/mol. The molecule has 0 saturated heterocycles. The first kappa shape index (κ1) is 39.4. The topological polar surface area (TPSA) is 159 Å². The third-order valence-corrected chi connectivity index (χ3v) is 9.06. The molecule has 52 heavy (non-hydrogen) atoms. The first-order valence-corrected chi connectivity index (χ1v) is 17.3. The molecule has 0 aromatic heterocycles. The SMILES string of the molecule is COc1ccc(CCNC(=O)CC(c2cc(OC)c(OC)c(OC)c2)c2c(O)cc3c(c2O)C(=O)OC(C)CCCC(=O)CCCC=C3)cc1OC. The Morgan fingerprint density at radius 1 is 0.885 bits per heavy atom. The van der Waals surface area contributed by atoms with Crippen molar-refractivity contribution in [3.05, 3.63) is 70.3 Å². The van der Waals surface area contributed by atoms with Crippen molar-refractivity contribution in [2.75, 3.05) is 42.1 Å². The number of hydrogen-bond acceptors (Lipinski definition) is 11. The molecule has 1 amide bonds. The van der Waals surface area contributed by atoms with Crippen LogP contribution >= 0.6 is 0 Å².